The van der Waals surface area contributed by atoms with Gasteiger partial charge < -0.3 is 9.84 Å². The van der Waals surface area contributed by atoms with E-state index >= 15 is 0 Å². The monoisotopic (exact) mass is 419 g/mol. The van der Waals surface area contributed by atoms with Crippen molar-refractivity contribution >= 4 is 5.97 Å². The van der Waals surface area contributed by atoms with Gasteiger partial charge in [-0.25, -0.2) is 0 Å². The van der Waals surface area contributed by atoms with Crippen molar-refractivity contribution < 1.29 is 14.6 Å². The van der Waals surface area contributed by atoms with Gasteiger partial charge >= 0.3 is 5.97 Å². The average molecular weight is 420 g/mol. The molecule has 0 radical (unpaired) electrons. The first-order valence-electron chi connectivity index (χ1n) is 12.3. The first-order valence-corrected chi connectivity index (χ1v) is 12.3. The van der Waals surface area contributed by atoms with Crippen molar-refractivity contribution in [1.29, 1.82) is 0 Å². The number of nitroso groups, excluding NO2 is 1. The van der Waals surface area contributed by atoms with Crippen molar-refractivity contribution in [3.05, 3.63) is 4.91 Å². The third kappa shape index (κ3) is 3.34. The van der Waals surface area contributed by atoms with E-state index in [0.717, 1.165) is 32.1 Å². The van der Waals surface area contributed by atoms with Crippen LogP contribution in [-0.4, -0.2) is 30.3 Å². The largest absolute Gasteiger partial charge is 0.469 e. The molecule has 0 saturated heterocycles. The lowest BCUT2D eigenvalue weighted by Gasteiger charge is -2.62. The fraction of sp³-hybridized carbons (Fsp3) is 0.960. The highest BCUT2D eigenvalue weighted by molar-refractivity contribution is 5.69. The number of fused-ring (bicyclic) bond motifs is 5. The summed E-state index contributed by atoms with van der Waals surface area (Å²) in [6, 6.07) is 0.00456. The lowest BCUT2D eigenvalue weighted by atomic mass is 9.43. The highest BCUT2D eigenvalue weighted by Gasteiger charge is 2.63. The Morgan fingerprint density at radius 2 is 1.90 bits per heavy atom. The number of methoxy groups -OCH3 is 1. The number of hydrogen-bond acceptors (Lipinski definition) is 5. The van der Waals surface area contributed by atoms with Crippen LogP contribution in [0.5, 0.6) is 0 Å². The van der Waals surface area contributed by atoms with Crippen LogP contribution in [0.1, 0.15) is 85.0 Å². The number of aliphatic hydroxyl groups is 1. The van der Waals surface area contributed by atoms with Crippen LogP contribution in [0.25, 0.3) is 0 Å². The molecule has 1 N–H and O–H groups in total. The third-order valence-electron chi connectivity index (χ3n) is 10.7. The SMILES string of the molecule is COC(=O)CCC(C)C1CCC2C3CC[C@@H]4C[C@H](N=O)CC[C@]4(C)C3C[C@H](O)[C@]12C. The fourth-order valence-electron chi connectivity index (χ4n) is 8.90. The van der Waals surface area contributed by atoms with Crippen molar-refractivity contribution in [2.45, 2.75) is 97.1 Å². The summed E-state index contributed by atoms with van der Waals surface area (Å²) in [5.74, 6) is 3.20. The zero-order valence-electron chi connectivity index (χ0n) is 19.3. The number of ether oxygens (including phenoxy) is 1. The van der Waals surface area contributed by atoms with Crippen LogP contribution >= 0.6 is 0 Å². The highest BCUT2D eigenvalue weighted by atomic mass is 16.5. The Morgan fingerprint density at radius 1 is 1.13 bits per heavy atom. The fourth-order valence-corrected chi connectivity index (χ4v) is 8.90. The van der Waals surface area contributed by atoms with E-state index in [1.165, 1.54) is 32.8 Å². The van der Waals surface area contributed by atoms with Gasteiger partial charge in [-0.1, -0.05) is 25.9 Å². The van der Waals surface area contributed by atoms with Crippen LogP contribution in [0.3, 0.4) is 0 Å². The zero-order chi connectivity index (χ0) is 21.7. The molecule has 0 amide bonds. The van der Waals surface area contributed by atoms with Gasteiger partial charge in [-0.15, -0.1) is 0 Å². The lowest BCUT2D eigenvalue weighted by molar-refractivity contribution is -0.169. The number of aliphatic hydroxyl groups excluding tert-OH is 1. The Kier molecular flexibility index (Phi) is 6.06. The predicted octanol–water partition coefficient (Wildman–Crippen LogP) is 5.34. The number of rotatable bonds is 5. The van der Waals surface area contributed by atoms with Crippen LogP contribution in [0.2, 0.25) is 0 Å². The van der Waals surface area contributed by atoms with Gasteiger partial charge in [-0.3, -0.25) is 4.79 Å². The molecule has 0 heterocycles. The number of nitrogens with zero attached hydrogens (tertiary/aromatic N) is 1. The van der Waals surface area contributed by atoms with Gasteiger partial charge in [-0.2, -0.15) is 4.91 Å². The van der Waals surface area contributed by atoms with Crippen LogP contribution < -0.4 is 0 Å². The molecule has 5 unspecified atom stereocenters. The molecule has 0 spiro atoms. The molecule has 4 fully saturated rings. The van der Waals surface area contributed by atoms with E-state index in [1.807, 2.05) is 0 Å². The summed E-state index contributed by atoms with van der Waals surface area (Å²) in [5, 5.41) is 14.9. The molecule has 4 saturated carbocycles. The van der Waals surface area contributed by atoms with Gasteiger partial charge in [-0.05, 0) is 104 Å². The summed E-state index contributed by atoms with van der Waals surface area (Å²) in [6.07, 6.45) is 9.76. The lowest BCUT2D eigenvalue weighted by Crippen LogP contribution is -2.58. The Balaban J connectivity index is 1.53. The van der Waals surface area contributed by atoms with Gasteiger partial charge in [0, 0.05) is 6.42 Å². The molecule has 5 nitrogen and oxygen atoms in total. The van der Waals surface area contributed by atoms with Crippen molar-refractivity contribution in [2.24, 2.45) is 51.5 Å². The molecule has 0 bridgehead atoms. The number of hydrogen-bond donors (Lipinski definition) is 1. The predicted molar refractivity (Wildman–Crippen MR) is 117 cm³/mol. The van der Waals surface area contributed by atoms with Crippen LogP contribution in [0.4, 0.5) is 0 Å². The quantitative estimate of drug-likeness (QED) is 0.482. The van der Waals surface area contributed by atoms with Crippen LogP contribution in [0, 0.1) is 51.2 Å². The van der Waals surface area contributed by atoms with E-state index in [4.69, 9.17) is 4.74 Å². The summed E-state index contributed by atoms with van der Waals surface area (Å²) in [4.78, 5) is 22.8. The van der Waals surface area contributed by atoms with E-state index in [9.17, 15) is 14.8 Å². The Hall–Kier alpha value is -0.970. The zero-order valence-corrected chi connectivity index (χ0v) is 19.3. The van der Waals surface area contributed by atoms with E-state index < -0.39 is 0 Å². The van der Waals surface area contributed by atoms with E-state index in [-0.39, 0.29) is 28.9 Å². The first-order chi connectivity index (χ1) is 14.3. The van der Waals surface area contributed by atoms with E-state index in [0.29, 0.717) is 41.9 Å². The summed E-state index contributed by atoms with van der Waals surface area (Å²) >= 11 is 0. The van der Waals surface area contributed by atoms with Crippen molar-refractivity contribution in [1.82, 2.24) is 0 Å². The second kappa shape index (κ2) is 8.18. The maximum absolute atomic E-state index is 11.7. The Bertz CT molecular complexity index is 668. The van der Waals surface area contributed by atoms with Crippen molar-refractivity contribution in [2.75, 3.05) is 7.11 Å². The molecule has 10 atom stereocenters. The van der Waals surface area contributed by atoms with Gasteiger partial charge in [0.2, 0.25) is 0 Å². The molecule has 0 aromatic carbocycles. The van der Waals surface area contributed by atoms with Crippen molar-refractivity contribution in [3.8, 4) is 0 Å². The van der Waals surface area contributed by atoms with Crippen LogP contribution in [-0.2, 0) is 9.53 Å². The highest BCUT2D eigenvalue weighted by Crippen LogP contribution is 2.68. The van der Waals surface area contributed by atoms with Gasteiger partial charge in [0.05, 0.1) is 19.3 Å². The smallest absolute Gasteiger partial charge is 0.305 e. The molecule has 4 aliphatic rings. The molecule has 4 aliphatic carbocycles. The van der Waals surface area contributed by atoms with Crippen molar-refractivity contribution in [3.63, 3.8) is 0 Å². The molecule has 5 heteroatoms. The minimum atomic E-state index is -0.269. The standard InChI is InChI=1S/C25H41NO4/c1-15(5-10-23(28)30-4)19-8-9-20-18-7-6-16-13-17(26-29)11-12-24(16,2)21(18)14-22(27)25(19,20)3/h15-22,27H,5-14H2,1-4H3/t15?,16-,17-,18?,19?,20?,21?,22+,24+,25-/m1/s1. The second-order valence-electron chi connectivity index (χ2n) is 11.6. The summed E-state index contributed by atoms with van der Waals surface area (Å²) < 4.78 is 4.85. The Labute approximate surface area is 181 Å². The maximum Gasteiger partial charge on any atom is 0.305 e. The molecule has 170 valence electrons. The topological polar surface area (TPSA) is 76.0 Å². The van der Waals surface area contributed by atoms with Crippen LogP contribution in [0.15, 0.2) is 5.18 Å². The number of carbonyl (C=O) groups is 1. The Morgan fingerprint density at radius 3 is 2.60 bits per heavy atom. The summed E-state index contributed by atoms with van der Waals surface area (Å²) in [5.41, 5.74) is 0.211. The second-order valence-corrected chi connectivity index (χ2v) is 11.6. The molecular formula is C25H41NO4. The molecule has 0 aromatic heterocycles. The van der Waals surface area contributed by atoms with E-state index in [1.54, 1.807) is 0 Å². The molecule has 0 aromatic rings. The third-order valence-corrected chi connectivity index (χ3v) is 10.7. The summed E-state index contributed by atoms with van der Waals surface area (Å²) in [6.45, 7) is 7.08. The molecule has 4 rings (SSSR count). The normalized spacial score (nSPS) is 48.8. The summed E-state index contributed by atoms with van der Waals surface area (Å²) in [7, 11) is 1.46. The first kappa shape index (κ1) is 22.2. The number of esters is 1. The molecular weight excluding hydrogens is 378 g/mol. The maximum atomic E-state index is 11.7. The minimum Gasteiger partial charge on any atom is -0.469 e. The number of carbonyl (C=O) groups excluding carboxylic acids is 1. The van der Waals surface area contributed by atoms with Gasteiger partial charge in [0.25, 0.3) is 0 Å². The molecule has 30 heavy (non-hydrogen) atoms. The van der Waals surface area contributed by atoms with Gasteiger partial charge in [0.15, 0.2) is 0 Å². The van der Waals surface area contributed by atoms with E-state index in [2.05, 4.69) is 25.9 Å². The molecule has 0 aliphatic heterocycles. The minimum absolute atomic E-state index is 0.00456. The average Bonchev–Trinajstić information content (AvgIpc) is 3.10. The van der Waals surface area contributed by atoms with Gasteiger partial charge in [0.1, 0.15) is 0 Å².